The lowest BCUT2D eigenvalue weighted by molar-refractivity contribution is -0.137. The minimum absolute atomic E-state index is 0.196. The minimum atomic E-state index is -0.746. The van der Waals surface area contributed by atoms with Crippen molar-refractivity contribution in [3.63, 3.8) is 0 Å². The number of para-hydroxylation sites is 2. The highest BCUT2D eigenvalue weighted by Gasteiger charge is 2.14. The van der Waals surface area contributed by atoms with Crippen LogP contribution in [0.1, 0.15) is 30.9 Å². The van der Waals surface area contributed by atoms with E-state index in [1.165, 1.54) is 21.2 Å². The van der Waals surface area contributed by atoms with Crippen LogP contribution in [0.5, 0.6) is 0 Å². The summed E-state index contributed by atoms with van der Waals surface area (Å²) in [7, 11) is 0. The van der Waals surface area contributed by atoms with Crippen molar-refractivity contribution in [2.24, 2.45) is 0 Å². The van der Waals surface area contributed by atoms with Gasteiger partial charge in [0.05, 0.1) is 17.6 Å². The summed E-state index contributed by atoms with van der Waals surface area (Å²) in [5.74, 6) is 0.00304. The van der Waals surface area contributed by atoms with Gasteiger partial charge in [0.1, 0.15) is 0 Å². The third-order valence-corrected chi connectivity index (χ3v) is 6.66. The summed E-state index contributed by atoms with van der Waals surface area (Å²) in [5.41, 5.74) is 4.70. The molecular formula is C23H26N2O3S2. The molecule has 4 rings (SSSR count). The van der Waals surface area contributed by atoms with E-state index in [0.717, 1.165) is 28.5 Å². The molecular weight excluding hydrogens is 416 g/mol. The highest BCUT2D eigenvalue weighted by atomic mass is 32.2. The number of aromatic nitrogens is 2. The Morgan fingerprint density at radius 3 is 2.73 bits per heavy atom. The highest BCUT2D eigenvalue weighted by molar-refractivity contribution is 7.99. The SMILES string of the molecule is CCO.Cc1cccc2scc(Cn3c(SCCCC(=O)O)nc4ccccc43)c12. The Labute approximate surface area is 184 Å². The molecule has 0 atom stereocenters. The second kappa shape index (κ2) is 10.6. The first-order valence-electron chi connectivity index (χ1n) is 9.91. The number of nitrogens with zero attached hydrogens (tertiary/aromatic N) is 2. The zero-order valence-corrected chi connectivity index (χ0v) is 18.8. The molecule has 0 radical (unpaired) electrons. The van der Waals surface area contributed by atoms with E-state index in [1.807, 2.05) is 18.2 Å². The van der Waals surface area contributed by atoms with Crippen molar-refractivity contribution in [2.45, 2.75) is 38.4 Å². The van der Waals surface area contributed by atoms with Crippen molar-refractivity contribution >= 4 is 50.2 Å². The standard InChI is InChI=1S/C21H20N2O2S2.C2H6O/c1-14-6-4-9-18-20(14)15(13-27-18)12-23-17-8-3-2-7-16(17)22-21(23)26-11-5-10-19(24)25;1-2-3/h2-4,6-9,13H,5,10-12H2,1H3,(H,24,25);3H,2H2,1H3. The van der Waals surface area contributed by atoms with Gasteiger partial charge in [-0.15, -0.1) is 11.3 Å². The fourth-order valence-electron chi connectivity index (χ4n) is 3.33. The highest BCUT2D eigenvalue weighted by Crippen LogP contribution is 2.32. The number of carbonyl (C=O) groups is 1. The van der Waals surface area contributed by atoms with Gasteiger partial charge in [-0.1, -0.05) is 36.0 Å². The van der Waals surface area contributed by atoms with Crippen LogP contribution >= 0.6 is 23.1 Å². The number of benzene rings is 2. The van der Waals surface area contributed by atoms with Gasteiger partial charge in [0.25, 0.3) is 0 Å². The van der Waals surface area contributed by atoms with Crippen molar-refractivity contribution in [1.29, 1.82) is 0 Å². The van der Waals surface area contributed by atoms with Crippen molar-refractivity contribution < 1.29 is 15.0 Å². The molecule has 0 saturated carbocycles. The van der Waals surface area contributed by atoms with Gasteiger partial charge in [0.2, 0.25) is 0 Å². The maximum absolute atomic E-state index is 10.8. The lowest BCUT2D eigenvalue weighted by Crippen LogP contribution is -2.02. The number of aliphatic carboxylic acids is 1. The number of hydrogen-bond donors (Lipinski definition) is 2. The van der Waals surface area contributed by atoms with Gasteiger partial charge in [-0.3, -0.25) is 4.79 Å². The molecule has 5 nitrogen and oxygen atoms in total. The van der Waals surface area contributed by atoms with E-state index in [0.29, 0.717) is 6.42 Å². The Balaban J connectivity index is 0.000000806. The van der Waals surface area contributed by atoms with E-state index in [9.17, 15) is 4.79 Å². The van der Waals surface area contributed by atoms with Crippen LogP contribution in [-0.4, -0.2) is 38.1 Å². The molecule has 0 saturated heterocycles. The molecule has 7 heteroatoms. The monoisotopic (exact) mass is 442 g/mol. The predicted molar refractivity (Wildman–Crippen MR) is 126 cm³/mol. The number of aliphatic hydroxyl groups is 1. The number of fused-ring (bicyclic) bond motifs is 2. The van der Waals surface area contributed by atoms with E-state index in [-0.39, 0.29) is 13.0 Å². The Bertz CT molecular complexity index is 1130. The Morgan fingerprint density at radius 1 is 1.20 bits per heavy atom. The molecule has 2 aromatic carbocycles. The smallest absolute Gasteiger partial charge is 0.303 e. The molecule has 30 heavy (non-hydrogen) atoms. The lowest BCUT2D eigenvalue weighted by atomic mass is 10.1. The summed E-state index contributed by atoms with van der Waals surface area (Å²) in [6.45, 7) is 4.86. The molecule has 4 aromatic rings. The van der Waals surface area contributed by atoms with Crippen molar-refractivity contribution in [1.82, 2.24) is 9.55 Å². The van der Waals surface area contributed by atoms with Gasteiger partial charge in [0.15, 0.2) is 5.16 Å². The molecule has 2 heterocycles. The van der Waals surface area contributed by atoms with Crippen LogP contribution in [0.15, 0.2) is 53.0 Å². The zero-order chi connectivity index (χ0) is 21.5. The maximum atomic E-state index is 10.8. The fourth-order valence-corrected chi connectivity index (χ4v) is 5.32. The number of aliphatic hydroxyl groups excluding tert-OH is 1. The normalized spacial score (nSPS) is 10.9. The van der Waals surface area contributed by atoms with Gasteiger partial charge < -0.3 is 14.8 Å². The van der Waals surface area contributed by atoms with Crippen LogP contribution in [0.2, 0.25) is 0 Å². The van der Waals surface area contributed by atoms with E-state index in [1.54, 1.807) is 30.0 Å². The predicted octanol–water partition coefficient (Wildman–Crippen LogP) is 5.56. The van der Waals surface area contributed by atoms with Crippen LogP contribution in [-0.2, 0) is 11.3 Å². The third-order valence-electron chi connectivity index (χ3n) is 4.60. The first-order chi connectivity index (χ1) is 14.5. The fraction of sp³-hybridized carbons (Fsp3) is 0.304. The van der Waals surface area contributed by atoms with Crippen LogP contribution in [0.4, 0.5) is 0 Å². The molecule has 2 aromatic heterocycles. The summed E-state index contributed by atoms with van der Waals surface area (Å²) in [6, 6.07) is 14.6. The topological polar surface area (TPSA) is 75.4 Å². The molecule has 158 valence electrons. The first kappa shape index (κ1) is 22.3. The van der Waals surface area contributed by atoms with Crippen molar-refractivity contribution in [2.75, 3.05) is 12.4 Å². The number of carboxylic acids is 1. The summed E-state index contributed by atoms with van der Waals surface area (Å²) < 4.78 is 3.57. The van der Waals surface area contributed by atoms with E-state index in [2.05, 4.69) is 41.1 Å². The van der Waals surface area contributed by atoms with E-state index >= 15 is 0 Å². The molecule has 0 unspecified atom stereocenters. The van der Waals surface area contributed by atoms with Gasteiger partial charge in [-0.2, -0.15) is 0 Å². The van der Waals surface area contributed by atoms with Crippen LogP contribution in [0.25, 0.3) is 21.1 Å². The van der Waals surface area contributed by atoms with E-state index in [4.69, 9.17) is 15.2 Å². The van der Waals surface area contributed by atoms with Gasteiger partial charge in [-0.25, -0.2) is 4.98 Å². The summed E-state index contributed by atoms with van der Waals surface area (Å²) in [4.78, 5) is 15.6. The third kappa shape index (κ3) is 5.22. The average Bonchev–Trinajstić information content (AvgIpc) is 3.29. The summed E-state index contributed by atoms with van der Waals surface area (Å²) in [5, 5.41) is 20.9. The summed E-state index contributed by atoms with van der Waals surface area (Å²) >= 11 is 3.42. The van der Waals surface area contributed by atoms with Gasteiger partial charge in [0, 0.05) is 28.9 Å². The quantitative estimate of drug-likeness (QED) is 0.289. The van der Waals surface area contributed by atoms with Crippen molar-refractivity contribution in [3.8, 4) is 0 Å². The van der Waals surface area contributed by atoms with Crippen LogP contribution in [0.3, 0.4) is 0 Å². The zero-order valence-electron chi connectivity index (χ0n) is 17.2. The maximum Gasteiger partial charge on any atom is 0.303 e. The number of thioether (sulfide) groups is 1. The molecule has 0 aliphatic heterocycles. The summed E-state index contributed by atoms with van der Waals surface area (Å²) in [6.07, 6.45) is 0.839. The number of aryl methyl sites for hydroxylation is 1. The number of imidazole rings is 1. The minimum Gasteiger partial charge on any atom is -0.481 e. The van der Waals surface area contributed by atoms with Gasteiger partial charge in [-0.05, 0) is 55.0 Å². The molecule has 0 bridgehead atoms. The number of rotatable bonds is 7. The Kier molecular flexibility index (Phi) is 7.90. The number of carboxylic acid groups (broad SMARTS) is 1. The first-order valence-corrected chi connectivity index (χ1v) is 11.8. The van der Waals surface area contributed by atoms with Crippen LogP contribution < -0.4 is 0 Å². The molecule has 2 N–H and O–H groups in total. The van der Waals surface area contributed by atoms with Crippen LogP contribution in [0, 0.1) is 6.92 Å². The lowest BCUT2D eigenvalue weighted by Gasteiger charge is -2.09. The Morgan fingerprint density at radius 2 is 1.97 bits per heavy atom. The largest absolute Gasteiger partial charge is 0.481 e. The molecule has 0 fully saturated rings. The average molecular weight is 443 g/mol. The van der Waals surface area contributed by atoms with E-state index < -0.39 is 5.97 Å². The molecule has 0 spiro atoms. The second-order valence-corrected chi connectivity index (χ2v) is 8.81. The molecule has 0 amide bonds. The molecule has 0 aliphatic rings. The molecule has 0 aliphatic carbocycles. The van der Waals surface area contributed by atoms with Gasteiger partial charge >= 0.3 is 5.97 Å². The Hall–Kier alpha value is -2.35. The second-order valence-electron chi connectivity index (χ2n) is 6.84. The number of hydrogen-bond acceptors (Lipinski definition) is 5. The number of thiophene rings is 1. The van der Waals surface area contributed by atoms with Crippen molar-refractivity contribution in [3.05, 3.63) is 59.0 Å².